The van der Waals surface area contributed by atoms with Gasteiger partial charge in [0.05, 0.1) is 5.69 Å². The second kappa shape index (κ2) is 7.43. The van der Waals surface area contributed by atoms with E-state index in [9.17, 15) is 4.79 Å². The Kier molecular flexibility index (Phi) is 4.67. The first kappa shape index (κ1) is 17.0. The molecule has 7 nitrogen and oxygen atoms in total. The van der Waals surface area contributed by atoms with E-state index in [1.807, 2.05) is 36.5 Å². The molecule has 27 heavy (non-hydrogen) atoms. The zero-order chi connectivity index (χ0) is 18.6. The molecule has 3 heterocycles. The van der Waals surface area contributed by atoms with Crippen molar-refractivity contribution in [1.82, 2.24) is 25.5 Å². The molecule has 7 heteroatoms. The van der Waals surface area contributed by atoms with Crippen LogP contribution in [0.4, 0.5) is 0 Å². The first-order valence-electron chi connectivity index (χ1n) is 8.77. The third-order valence-electron chi connectivity index (χ3n) is 4.53. The Morgan fingerprint density at radius 1 is 1.22 bits per heavy atom. The molecule has 5 N–H and O–H groups in total. The zero-order valence-electron chi connectivity index (χ0n) is 14.6. The van der Waals surface area contributed by atoms with Crippen LogP contribution in [0, 0.1) is 0 Å². The molecule has 4 aromatic rings. The SMILES string of the molecule is NC[C@H](Cc1c[nH]c2ccccc12)NC(=O)/C=C/c1n[nH]c2ncccc12. The van der Waals surface area contributed by atoms with E-state index >= 15 is 0 Å². The van der Waals surface area contributed by atoms with Crippen LogP contribution in [-0.2, 0) is 11.2 Å². The van der Waals surface area contributed by atoms with Gasteiger partial charge in [-0.1, -0.05) is 18.2 Å². The van der Waals surface area contributed by atoms with Crippen molar-refractivity contribution in [2.24, 2.45) is 5.73 Å². The molecule has 1 aromatic carbocycles. The molecule has 0 saturated heterocycles. The van der Waals surface area contributed by atoms with Gasteiger partial charge in [0.1, 0.15) is 0 Å². The molecule has 0 saturated carbocycles. The highest BCUT2D eigenvalue weighted by Crippen LogP contribution is 2.19. The number of fused-ring (bicyclic) bond motifs is 2. The molecule has 1 amide bonds. The van der Waals surface area contributed by atoms with Crippen LogP contribution in [0.15, 0.2) is 54.9 Å². The zero-order valence-corrected chi connectivity index (χ0v) is 14.6. The third kappa shape index (κ3) is 3.58. The van der Waals surface area contributed by atoms with E-state index in [2.05, 4.69) is 31.5 Å². The van der Waals surface area contributed by atoms with Gasteiger partial charge in [0.25, 0.3) is 0 Å². The third-order valence-corrected chi connectivity index (χ3v) is 4.53. The quantitative estimate of drug-likeness (QED) is 0.395. The van der Waals surface area contributed by atoms with Crippen molar-refractivity contribution in [3.8, 4) is 0 Å². The number of nitrogens with zero attached hydrogens (tertiary/aromatic N) is 2. The summed E-state index contributed by atoms with van der Waals surface area (Å²) in [6, 6.07) is 11.7. The minimum atomic E-state index is -0.203. The lowest BCUT2D eigenvalue weighted by Gasteiger charge is -2.15. The highest BCUT2D eigenvalue weighted by Gasteiger charge is 2.13. The van der Waals surface area contributed by atoms with Gasteiger partial charge in [0.15, 0.2) is 5.65 Å². The number of carbonyl (C=O) groups is 1. The Bertz CT molecular complexity index is 1110. The first-order chi connectivity index (χ1) is 13.2. The maximum Gasteiger partial charge on any atom is 0.244 e. The maximum atomic E-state index is 12.3. The summed E-state index contributed by atoms with van der Waals surface area (Å²) < 4.78 is 0. The molecule has 0 spiro atoms. The smallest absolute Gasteiger partial charge is 0.244 e. The number of carbonyl (C=O) groups excluding carboxylic acids is 1. The summed E-state index contributed by atoms with van der Waals surface area (Å²) >= 11 is 0. The van der Waals surface area contributed by atoms with Crippen molar-refractivity contribution in [2.75, 3.05) is 6.54 Å². The number of para-hydroxylation sites is 1. The molecule has 0 aliphatic rings. The maximum absolute atomic E-state index is 12.3. The van der Waals surface area contributed by atoms with Crippen LogP contribution < -0.4 is 11.1 Å². The predicted octanol–water partition coefficient (Wildman–Crippen LogP) is 2.14. The van der Waals surface area contributed by atoms with Crippen molar-refractivity contribution in [3.05, 3.63) is 66.1 Å². The first-order valence-corrected chi connectivity index (χ1v) is 8.77. The molecule has 0 radical (unpaired) electrons. The summed E-state index contributed by atoms with van der Waals surface area (Å²) in [5, 5.41) is 12.0. The average Bonchev–Trinajstić information content (AvgIpc) is 3.30. The van der Waals surface area contributed by atoms with Gasteiger partial charge in [0.2, 0.25) is 5.91 Å². The molecule has 0 aliphatic carbocycles. The summed E-state index contributed by atoms with van der Waals surface area (Å²) in [7, 11) is 0. The number of pyridine rings is 1. The Labute approximate surface area is 155 Å². The van der Waals surface area contributed by atoms with Gasteiger partial charge in [-0.2, -0.15) is 5.10 Å². The van der Waals surface area contributed by atoms with Crippen LogP contribution in [0.1, 0.15) is 11.3 Å². The monoisotopic (exact) mass is 360 g/mol. The van der Waals surface area contributed by atoms with Crippen LogP contribution >= 0.6 is 0 Å². The number of aromatic amines is 2. The standard InChI is InChI=1S/C20H20N6O/c21-11-14(10-13-12-23-17-6-2-1-4-15(13)17)24-19(27)8-7-18-16-5-3-9-22-20(16)26-25-18/h1-9,12,14,23H,10-11,21H2,(H,24,27)(H,22,25,26)/b8-7+/t14-/m0/s1. The van der Waals surface area contributed by atoms with Gasteiger partial charge in [-0.3, -0.25) is 9.89 Å². The molecule has 136 valence electrons. The van der Waals surface area contributed by atoms with E-state index in [4.69, 9.17) is 5.73 Å². The van der Waals surface area contributed by atoms with E-state index in [1.54, 1.807) is 12.3 Å². The number of nitrogens with two attached hydrogens (primary N) is 1. The number of hydrogen-bond donors (Lipinski definition) is 4. The second-order valence-electron chi connectivity index (χ2n) is 6.35. The van der Waals surface area contributed by atoms with Gasteiger partial charge >= 0.3 is 0 Å². The average molecular weight is 360 g/mol. The van der Waals surface area contributed by atoms with Crippen molar-refractivity contribution < 1.29 is 4.79 Å². The van der Waals surface area contributed by atoms with Crippen molar-refractivity contribution in [1.29, 1.82) is 0 Å². The highest BCUT2D eigenvalue weighted by molar-refractivity contribution is 5.94. The summed E-state index contributed by atoms with van der Waals surface area (Å²) in [5.41, 5.74) is 9.45. The Morgan fingerprint density at radius 3 is 2.96 bits per heavy atom. The van der Waals surface area contributed by atoms with Crippen LogP contribution in [-0.4, -0.2) is 38.7 Å². The molecule has 0 aliphatic heterocycles. The lowest BCUT2D eigenvalue weighted by atomic mass is 10.0. The van der Waals surface area contributed by atoms with Crippen molar-refractivity contribution in [3.63, 3.8) is 0 Å². The van der Waals surface area contributed by atoms with Crippen LogP contribution in [0.2, 0.25) is 0 Å². The second-order valence-corrected chi connectivity index (χ2v) is 6.35. The molecule has 0 fully saturated rings. The number of hydrogen-bond acceptors (Lipinski definition) is 4. The molecule has 0 unspecified atom stereocenters. The molecular formula is C20H20N6O. The van der Waals surface area contributed by atoms with Crippen LogP contribution in [0.25, 0.3) is 28.0 Å². The lowest BCUT2D eigenvalue weighted by molar-refractivity contribution is -0.117. The Morgan fingerprint density at radius 2 is 2.07 bits per heavy atom. The van der Waals surface area contributed by atoms with E-state index in [0.717, 1.165) is 21.9 Å². The summed E-state index contributed by atoms with van der Waals surface area (Å²) in [6.07, 6.45) is 7.47. The number of H-pyrrole nitrogens is 2. The molecule has 1 atom stereocenters. The normalized spacial score (nSPS) is 12.8. The summed E-state index contributed by atoms with van der Waals surface area (Å²) in [5.74, 6) is -0.203. The van der Waals surface area contributed by atoms with Gasteiger partial charge in [-0.15, -0.1) is 0 Å². The molecule has 3 aromatic heterocycles. The minimum Gasteiger partial charge on any atom is -0.361 e. The predicted molar refractivity (Wildman–Crippen MR) is 106 cm³/mol. The van der Waals surface area contributed by atoms with E-state index in [0.29, 0.717) is 24.3 Å². The van der Waals surface area contributed by atoms with Crippen LogP contribution in [0.3, 0.4) is 0 Å². The molecular weight excluding hydrogens is 340 g/mol. The fourth-order valence-electron chi connectivity index (χ4n) is 3.16. The number of aromatic nitrogens is 4. The Balaban J connectivity index is 1.44. The van der Waals surface area contributed by atoms with Gasteiger partial charge < -0.3 is 16.0 Å². The van der Waals surface area contributed by atoms with E-state index in [1.165, 1.54) is 6.08 Å². The highest BCUT2D eigenvalue weighted by atomic mass is 16.1. The number of nitrogens with one attached hydrogen (secondary N) is 3. The summed E-state index contributed by atoms with van der Waals surface area (Å²) in [4.78, 5) is 19.8. The fraction of sp³-hybridized carbons (Fsp3) is 0.150. The van der Waals surface area contributed by atoms with Gasteiger partial charge in [0, 0.05) is 47.3 Å². The number of benzene rings is 1. The largest absolute Gasteiger partial charge is 0.361 e. The van der Waals surface area contributed by atoms with Gasteiger partial charge in [-0.25, -0.2) is 4.98 Å². The molecule has 4 rings (SSSR count). The fourth-order valence-corrected chi connectivity index (χ4v) is 3.16. The Hall–Kier alpha value is -3.45. The van der Waals surface area contributed by atoms with Crippen LogP contribution in [0.5, 0.6) is 0 Å². The van der Waals surface area contributed by atoms with E-state index < -0.39 is 0 Å². The summed E-state index contributed by atoms with van der Waals surface area (Å²) in [6.45, 7) is 0.355. The minimum absolute atomic E-state index is 0.154. The van der Waals surface area contributed by atoms with Crippen molar-refractivity contribution >= 4 is 33.9 Å². The van der Waals surface area contributed by atoms with Gasteiger partial charge in [-0.05, 0) is 36.3 Å². The number of rotatable bonds is 6. The molecule has 0 bridgehead atoms. The lowest BCUT2D eigenvalue weighted by Crippen LogP contribution is -2.40. The number of amides is 1. The topological polar surface area (TPSA) is 112 Å². The van der Waals surface area contributed by atoms with Crippen molar-refractivity contribution in [2.45, 2.75) is 12.5 Å². The van der Waals surface area contributed by atoms with E-state index in [-0.39, 0.29) is 11.9 Å².